The Kier molecular flexibility index (Phi) is 7.16. The second-order valence-corrected chi connectivity index (χ2v) is 10.7. The fourth-order valence-corrected chi connectivity index (χ4v) is 6.42. The van der Waals surface area contributed by atoms with Gasteiger partial charge in [0.25, 0.3) is 0 Å². The molecular formula is C25H29ClN2O2S. The van der Waals surface area contributed by atoms with Crippen molar-refractivity contribution < 1.29 is 8.42 Å². The maximum atomic E-state index is 13.5. The predicted molar refractivity (Wildman–Crippen MR) is 126 cm³/mol. The van der Waals surface area contributed by atoms with Gasteiger partial charge in [0, 0.05) is 29.5 Å². The Balaban J connectivity index is 1.59. The second kappa shape index (κ2) is 10.0. The molecule has 4 nitrogen and oxygen atoms in total. The SMILES string of the molecule is O=S(=O)(Cc1ccccc1)N(Cc1cccn1Cc1cccc(Cl)c1)C1CCCCC1. The predicted octanol–water partition coefficient (Wildman–Crippen LogP) is 5.85. The van der Waals surface area contributed by atoms with Crippen LogP contribution in [0.25, 0.3) is 0 Å². The molecule has 1 aromatic heterocycles. The summed E-state index contributed by atoms with van der Waals surface area (Å²) in [6, 6.07) is 21.4. The molecule has 0 atom stereocenters. The van der Waals surface area contributed by atoms with E-state index in [1.54, 1.807) is 4.31 Å². The lowest BCUT2D eigenvalue weighted by atomic mass is 9.95. The van der Waals surface area contributed by atoms with E-state index >= 15 is 0 Å². The summed E-state index contributed by atoms with van der Waals surface area (Å²) < 4.78 is 31.0. The van der Waals surface area contributed by atoms with Crippen LogP contribution >= 0.6 is 11.6 Å². The van der Waals surface area contributed by atoms with Crippen molar-refractivity contribution in [3.05, 3.63) is 94.8 Å². The molecule has 1 saturated carbocycles. The molecular weight excluding hydrogens is 428 g/mol. The van der Waals surface area contributed by atoms with Crippen LogP contribution in [0.15, 0.2) is 72.9 Å². The Morgan fingerprint density at radius 3 is 2.39 bits per heavy atom. The normalized spacial score (nSPS) is 15.4. The summed E-state index contributed by atoms with van der Waals surface area (Å²) in [5, 5.41) is 0.709. The fourth-order valence-electron chi connectivity index (χ4n) is 4.43. The first kappa shape index (κ1) is 22.1. The lowest BCUT2D eigenvalue weighted by Gasteiger charge is -2.33. The minimum Gasteiger partial charge on any atom is -0.346 e. The Morgan fingerprint density at radius 2 is 1.65 bits per heavy atom. The monoisotopic (exact) mass is 456 g/mol. The fraction of sp³-hybridized carbons (Fsp3) is 0.360. The number of sulfonamides is 1. The van der Waals surface area contributed by atoms with Crippen LogP contribution in [-0.2, 0) is 28.9 Å². The van der Waals surface area contributed by atoms with E-state index in [0.717, 1.165) is 42.5 Å². The molecule has 0 unspecified atom stereocenters. The summed E-state index contributed by atoms with van der Waals surface area (Å²) in [5.74, 6) is 0.0410. The zero-order chi connectivity index (χ0) is 21.7. The Morgan fingerprint density at radius 1 is 0.903 bits per heavy atom. The summed E-state index contributed by atoms with van der Waals surface area (Å²) in [6.07, 6.45) is 7.25. The third kappa shape index (κ3) is 5.79. The molecule has 164 valence electrons. The van der Waals surface area contributed by atoms with E-state index in [4.69, 9.17) is 11.6 Å². The molecule has 31 heavy (non-hydrogen) atoms. The van der Waals surface area contributed by atoms with Crippen LogP contribution in [0.2, 0.25) is 5.02 Å². The van der Waals surface area contributed by atoms with Crippen molar-refractivity contribution in [1.29, 1.82) is 0 Å². The van der Waals surface area contributed by atoms with Gasteiger partial charge in [0.05, 0.1) is 12.3 Å². The van der Waals surface area contributed by atoms with E-state index in [-0.39, 0.29) is 11.8 Å². The quantitative estimate of drug-likeness (QED) is 0.426. The average molecular weight is 457 g/mol. The van der Waals surface area contributed by atoms with Crippen LogP contribution in [-0.4, -0.2) is 23.3 Å². The summed E-state index contributed by atoms with van der Waals surface area (Å²) in [4.78, 5) is 0. The van der Waals surface area contributed by atoms with Crippen LogP contribution in [0.1, 0.15) is 48.9 Å². The summed E-state index contributed by atoms with van der Waals surface area (Å²) in [6.45, 7) is 1.06. The van der Waals surface area contributed by atoms with E-state index in [2.05, 4.69) is 4.57 Å². The van der Waals surface area contributed by atoms with Gasteiger partial charge in [-0.2, -0.15) is 4.31 Å². The summed E-state index contributed by atoms with van der Waals surface area (Å²) in [5.41, 5.74) is 2.93. The highest BCUT2D eigenvalue weighted by atomic mass is 35.5. The Bertz CT molecular complexity index is 1090. The van der Waals surface area contributed by atoms with Gasteiger partial charge in [-0.25, -0.2) is 8.42 Å². The van der Waals surface area contributed by atoms with Gasteiger partial charge >= 0.3 is 0 Å². The molecule has 4 rings (SSSR count). The lowest BCUT2D eigenvalue weighted by molar-refractivity contribution is 0.243. The molecule has 2 aromatic carbocycles. The number of halogens is 1. The topological polar surface area (TPSA) is 42.3 Å². The van der Waals surface area contributed by atoms with Crippen LogP contribution < -0.4 is 0 Å². The molecule has 1 heterocycles. The van der Waals surface area contributed by atoms with Gasteiger partial charge in [-0.05, 0) is 48.2 Å². The number of rotatable bonds is 8. The maximum Gasteiger partial charge on any atom is 0.218 e. The first-order valence-electron chi connectivity index (χ1n) is 10.9. The highest BCUT2D eigenvalue weighted by Crippen LogP contribution is 2.28. The third-order valence-corrected chi connectivity index (χ3v) is 8.09. The van der Waals surface area contributed by atoms with Gasteiger partial charge in [-0.1, -0.05) is 73.3 Å². The Hall–Kier alpha value is -2.08. The van der Waals surface area contributed by atoms with E-state index in [0.29, 0.717) is 18.1 Å². The van der Waals surface area contributed by atoms with Gasteiger partial charge in [-0.15, -0.1) is 0 Å². The lowest BCUT2D eigenvalue weighted by Crippen LogP contribution is -2.42. The molecule has 1 fully saturated rings. The zero-order valence-electron chi connectivity index (χ0n) is 17.7. The van der Waals surface area contributed by atoms with Crippen molar-refractivity contribution in [2.75, 3.05) is 0 Å². The molecule has 1 aliphatic carbocycles. The standard InChI is InChI=1S/C25H29ClN2O2S/c26-23-12-7-11-22(17-23)18-27-16-8-15-25(27)19-28(24-13-5-2-6-14-24)31(29,30)20-21-9-3-1-4-10-21/h1,3-4,7-12,15-17,24H,2,5-6,13-14,18-20H2. The molecule has 0 N–H and O–H groups in total. The number of hydrogen-bond donors (Lipinski definition) is 0. The largest absolute Gasteiger partial charge is 0.346 e. The second-order valence-electron chi connectivity index (χ2n) is 8.34. The van der Waals surface area contributed by atoms with E-state index in [1.165, 1.54) is 6.42 Å². The smallest absolute Gasteiger partial charge is 0.218 e. The Labute approximate surface area is 190 Å². The van der Waals surface area contributed by atoms with Crippen molar-refractivity contribution in [3.8, 4) is 0 Å². The molecule has 0 saturated heterocycles. The van der Waals surface area contributed by atoms with E-state index < -0.39 is 10.0 Å². The molecule has 3 aromatic rings. The van der Waals surface area contributed by atoms with Crippen molar-refractivity contribution in [1.82, 2.24) is 8.87 Å². The van der Waals surface area contributed by atoms with Crippen LogP contribution in [0, 0.1) is 0 Å². The van der Waals surface area contributed by atoms with E-state index in [1.807, 2.05) is 72.9 Å². The molecule has 0 radical (unpaired) electrons. The first-order chi connectivity index (χ1) is 15.0. The molecule has 0 spiro atoms. The van der Waals surface area contributed by atoms with Crippen molar-refractivity contribution >= 4 is 21.6 Å². The first-order valence-corrected chi connectivity index (χ1v) is 12.9. The van der Waals surface area contributed by atoms with E-state index in [9.17, 15) is 8.42 Å². The third-order valence-electron chi connectivity index (χ3n) is 6.01. The van der Waals surface area contributed by atoms with Crippen molar-refractivity contribution in [2.45, 2.75) is 57.0 Å². The van der Waals surface area contributed by atoms with Gasteiger partial charge in [0.2, 0.25) is 10.0 Å². The molecule has 0 amide bonds. The minimum atomic E-state index is -3.45. The van der Waals surface area contributed by atoms with Crippen molar-refractivity contribution in [3.63, 3.8) is 0 Å². The number of aromatic nitrogens is 1. The number of hydrogen-bond acceptors (Lipinski definition) is 2. The van der Waals surface area contributed by atoms with Gasteiger partial charge in [-0.3, -0.25) is 0 Å². The summed E-state index contributed by atoms with van der Waals surface area (Å²) in [7, 11) is -3.45. The van der Waals surface area contributed by atoms with Crippen LogP contribution in [0.3, 0.4) is 0 Å². The van der Waals surface area contributed by atoms with Gasteiger partial charge < -0.3 is 4.57 Å². The van der Waals surface area contributed by atoms with Crippen LogP contribution in [0.5, 0.6) is 0 Å². The zero-order valence-corrected chi connectivity index (χ0v) is 19.2. The highest BCUT2D eigenvalue weighted by molar-refractivity contribution is 7.88. The molecule has 6 heteroatoms. The molecule has 0 bridgehead atoms. The highest BCUT2D eigenvalue weighted by Gasteiger charge is 2.31. The van der Waals surface area contributed by atoms with Crippen LogP contribution in [0.4, 0.5) is 0 Å². The molecule has 0 aliphatic heterocycles. The maximum absolute atomic E-state index is 13.5. The van der Waals surface area contributed by atoms with Gasteiger partial charge in [0.15, 0.2) is 0 Å². The van der Waals surface area contributed by atoms with Gasteiger partial charge in [0.1, 0.15) is 0 Å². The average Bonchev–Trinajstić information content (AvgIpc) is 3.19. The summed E-state index contributed by atoms with van der Waals surface area (Å²) >= 11 is 6.15. The molecule has 1 aliphatic rings. The minimum absolute atomic E-state index is 0.0410. The number of nitrogens with zero attached hydrogens (tertiary/aromatic N) is 2. The number of benzene rings is 2. The van der Waals surface area contributed by atoms with Crippen molar-refractivity contribution in [2.24, 2.45) is 0 Å².